The fraction of sp³-hybridized carbons (Fsp3) is 0.167. The monoisotopic (exact) mass is 334 g/mol. The zero-order valence-corrected chi connectivity index (χ0v) is 13.9. The molecule has 1 aromatic carbocycles. The number of aromatic nitrogens is 4. The maximum absolute atomic E-state index is 13.1. The van der Waals surface area contributed by atoms with E-state index < -0.39 is 0 Å². The lowest BCUT2D eigenvalue weighted by molar-refractivity contribution is -0.113. The van der Waals surface area contributed by atoms with Gasteiger partial charge in [0, 0.05) is 23.3 Å². The van der Waals surface area contributed by atoms with Crippen LogP contribution in [0.5, 0.6) is 0 Å². The molecule has 3 N–H and O–H groups in total. The SMILES string of the molecule is CC1=C(C(=O)Nc2ccccc2C)[C@@H](c2ccc[nH]2)n2ncnc2N1. The Balaban J connectivity index is 1.76. The number of hydrogen-bond donors (Lipinski definition) is 3. The minimum absolute atomic E-state index is 0.167. The zero-order chi connectivity index (χ0) is 17.4. The van der Waals surface area contributed by atoms with Crippen molar-refractivity contribution in [3.05, 3.63) is 71.4 Å². The van der Waals surface area contributed by atoms with E-state index in [0.29, 0.717) is 11.5 Å². The first-order valence-corrected chi connectivity index (χ1v) is 8.02. The molecule has 1 amide bonds. The molecule has 4 rings (SSSR count). The highest BCUT2D eigenvalue weighted by Crippen LogP contribution is 2.34. The van der Waals surface area contributed by atoms with Crippen molar-refractivity contribution in [1.29, 1.82) is 0 Å². The van der Waals surface area contributed by atoms with Gasteiger partial charge in [0.25, 0.3) is 5.91 Å². The van der Waals surface area contributed by atoms with E-state index in [1.54, 1.807) is 4.68 Å². The van der Waals surface area contributed by atoms with Gasteiger partial charge >= 0.3 is 0 Å². The molecule has 2 aromatic heterocycles. The first-order valence-electron chi connectivity index (χ1n) is 8.02. The van der Waals surface area contributed by atoms with E-state index in [2.05, 4.69) is 25.7 Å². The third kappa shape index (κ3) is 2.59. The van der Waals surface area contributed by atoms with E-state index in [-0.39, 0.29) is 11.9 Å². The number of carbonyl (C=O) groups is 1. The second kappa shape index (κ2) is 5.94. The largest absolute Gasteiger partial charge is 0.363 e. The summed E-state index contributed by atoms with van der Waals surface area (Å²) in [5.41, 5.74) is 4.04. The summed E-state index contributed by atoms with van der Waals surface area (Å²) in [7, 11) is 0. The van der Waals surface area contributed by atoms with Crippen LogP contribution in [0.2, 0.25) is 0 Å². The van der Waals surface area contributed by atoms with Gasteiger partial charge in [-0.2, -0.15) is 10.1 Å². The quantitative estimate of drug-likeness (QED) is 0.687. The van der Waals surface area contributed by atoms with Crippen LogP contribution >= 0.6 is 0 Å². The highest BCUT2D eigenvalue weighted by atomic mass is 16.1. The number of fused-ring (bicyclic) bond motifs is 1. The number of para-hydroxylation sites is 1. The summed E-state index contributed by atoms with van der Waals surface area (Å²) in [5, 5.41) is 10.5. The van der Waals surface area contributed by atoms with Crippen molar-refractivity contribution in [2.24, 2.45) is 0 Å². The zero-order valence-electron chi connectivity index (χ0n) is 13.9. The molecule has 0 aliphatic carbocycles. The molecule has 3 aromatic rings. The number of nitrogens with one attached hydrogen (secondary N) is 3. The molecule has 1 aliphatic rings. The van der Waals surface area contributed by atoms with Gasteiger partial charge in [0.2, 0.25) is 5.95 Å². The van der Waals surface area contributed by atoms with Gasteiger partial charge in [-0.15, -0.1) is 0 Å². The number of H-pyrrole nitrogens is 1. The number of nitrogens with zero attached hydrogens (tertiary/aromatic N) is 3. The summed E-state index contributed by atoms with van der Waals surface area (Å²) in [5.74, 6) is 0.449. The lowest BCUT2D eigenvalue weighted by atomic mass is 9.99. The van der Waals surface area contributed by atoms with Crippen molar-refractivity contribution >= 4 is 17.5 Å². The third-order valence-corrected chi connectivity index (χ3v) is 4.35. The van der Waals surface area contributed by atoms with Crippen LogP contribution in [0.1, 0.15) is 24.2 Å². The summed E-state index contributed by atoms with van der Waals surface area (Å²) in [6.45, 7) is 3.84. The van der Waals surface area contributed by atoms with Crippen LogP contribution in [-0.4, -0.2) is 25.7 Å². The number of allylic oxidation sites excluding steroid dienone is 1. The Labute approximate surface area is 144 Å². The van der Waals surface area contributed by atoms with Crippen molar-refractivity contribution in [3.63, 3.8) is 0 Å². The minimum atomic E-state index is -0.363. The van der Waals surface area contributed by atoms with Crippen LogP contribution in [0.3, 0.4) is 0 Å². The van der Waals surface area contributed by atoms with Gasteiger partial charge in [-0.1, -0.05) is 18.2 Å². The summed E-state index contributed by atoms with van der Waals surface area (Å²) >= 11 is 0. The normalized spacial score (nSPS) is 16.3. The second-order valence-electron chi connectivity index (χ2n) is 5.99. The molecule has 3 heterocycles. The summed E-state index contributed by atoms with van der Waals surface area (Å²) in [6.07, 6.45) is 3.31. The van der Waals surface area contributed by atoms with E-state index in [0.717, 1.165) is 22.6 Å². The Morgan fingerprint density at radius 3 is 2.80 bits per heavy atom. The van der Waals surface area contributed by atoms with Crippen molar-refractivity contribution in [1.82, 2.24) is 19.7 Å². The van der Waals surface area contributed by atoms with Crippen LogP contribution in [0.25, 0.3) is 0 Å². The first-order chi connectivity index (χ1) is 12.1. The maximum atomic E-state index is 13.1. The topological polar surface area (TPSA) is 87.6 Å². The molecule has 0 saturated carbocycles. The standard InChI is InChI=1S/C18H18N6O/c1-11-6-3-4-7-13(11)23-17(25)15-12(2)22-18-20-10-21-24(18)16(15)14-8-5-9-19-14/h3-10,16,19H,1-2H3,(H,23,25)(H,20,21,22)/t16-/m1/s1. The highest BCUT2D eigenvalue weighted by molar-refractivity contribution is 6.06. The predicted molar refractivity (Wildman–Crippen MR) is 95.1 cm³/mol. The van der Waals surface area contributed by atoms with Gasteiger partial charge in [0.05, 0.1) is 5.57 Å². The van der Waals surface area contributed by atoms with E-state index in [9.17, 15) is 4.79 Å². The van der Waals surface area contributed by atoms with E-state index in [1.807, 2.05) is 56.4 Å². The third-order valence-electron chi connectivity index (χ3n) is 4.35. The Bertz CT molecular complexity index is 954. The fourth-order valence-electron chi connectivity index (χ4n) is 3.09. The highest BCUT2D eigenvalue weighted by Gasteiger charge is 2.34. The van der Waals surface area contributed by atoms with Crippen LogP contribution in [-0.2, 0) is 4.79 Å². The Morgan fingerprint density at radius 2 is 2.04 bits per heavy atom. The maximum Gasteiger partial charge on any atom is 0.255 e. The number of aromatic amines is 1. The molecule has 25 heavy (non-hydrogen) atoms. The molecule has 0 radical (unpaired) electrons. The lowest BCUT2D eigenvalue weighted by Gasteiger charge is -2.28. The molecule has 7 nitrogen and oxygen atoms in total. The van der Waals surface area contributed by atoms with E-state index in [4.69, 9.17) is 0 Å². The van der Waals surface area contributed by atoms with Gasteiger partial charge in [-0.05, 0) is 37.6 Å². The molecule has 1 atom stereocenters. The molecule has 0 saturated heterocycles. The molecule has 1 aliphatic heterocycles. The Hall–Kier alpha value is -3.35. The Kier molecular flexibility index (Phi) is 3.61. The van der Waals surface area contributed by atoms with Gasteiger partial charge in [0.1, 0.15) is 12.4 Å². The van der Waals surface area contributed by atoms with E-state index in [1.165, 1.54) is 6.33 Å². The number of benzene rings is 1. The summed E-state index contributed by atoms with van der Waals surface area (Å²) in [6, 6.07) is 11.2. The molecule has 0 unspecified atom stereocenters. The van der Waals surface area contributed by atoms with Crippen molar-refractivity contribution in [2.75, 3.05) is 10.6 Å². The average Bonchev–Trinajstić information content (AvgIpc) is 3.26. The predicted octanol–water partition coefficient (Wildman–Crippen LogP) is 2.84. The number of carbonyl (C=O) groups excluding carboxylic acids is 1. The van der Waals surface area contributed by atoms with Gasteiger partial charge < -0.3 is 15.6 Å². The van der Waals surface area contributed by atoms with E-state index >= 15 is 0 Å². The number of rotatable bonds is 3. The van der Waals surface area contributed by atoms with Crippen molar-refractivity contribution < 1.29 is 4.79 Å². The molecule has 0 bridgehead atoms. The number of aryl methyl sites for hydroxylation is 1. The number of hydrogen-bond acceptors (Lipinski definition) is 4. The molecule has 126 valence electrons. The molecular weight excluding hydrogens is 316 g/mol. The average molecular weight is 334 g/mol. The summed E-state index contributed by atoms with van der Waals surface area (Å²) < 4.78 is 1.71. The summed E-state index contributed by atoms with van der Waals surface area (Å²) in [4.78, 5) is 20.5. The Morgan fingerprint density at radius 1 is 1.20 bits per heavy atom. The van der Waals surface area contributed by atoms with Crippen LogP contribution in [0.15, 0.2) is 60.2 Å². The second-order valence-corrected chi connectivity index (χ2v) is 5.99. The first kappa shape index (κ1) is 15.2. The van der Waals surface area contributed by atoms with Crippen molar-refractivity contribution in [2.45, 2.75) is 19.9 Å². The number of anilines is 2. The van der Waals surface area contributed by atoms with Crippen LogP contribution in [0.4, 0.5) is 11.6 Å². The van der Waals surface area contributed by atoms with Gasteiger partial charge in [0.15, 0.2) is 0 Å². The molecular formula is C18H18N6O. The van der Waals surface area contributed by atoms with Crippen LogP contribution < -0.4 is 10.6 Å². The fourth-order valence-corrected chi connectivity index (χ4v) is 3.09. The molecule has 0 spiro atoms. The number of amides is 1. The molecule has 7 heteroatoms. The van der Waals surface area contributed by atoms with Gasteiger partial charge in [-0.25, -0.2) is 4.68 Å². The smallest absolute Gasteiger partial charge is 0.255 e. The molecule has 0 fully saturated rings. The minimum Gasteiger partial charge on any atom is -0.363 e. The van der Waals surface area contributed by atoms with Crippen LogP contribution in [0, 0.1) is 6.92 Å². The lowest BCUT2D eigenvalue weighted by Crippen LogP contribution is -2.31. The van der Waals surface area contributed by atoms with Gasteiger partial charge in [-0.3, -0.25) is 4.79 Å². The van der Waals surface area contributed by atoms with Crippen molar-refractivity contribution in [3.8, 4) is 0 Å².